The number of likely N-dealkylation sites (tertiary alicyclic amines) is 1. The van der Waals surface area contributed by atoms with Crippen LogP contribution >= 0.6 is 0 Å². The molecular weight excluding hydrogens is 254 g/mol. The van der Waals surface area contributed by atoms with Gasteiger partial charge in [0.15, 0.2) is 0 Å². The van der Waals surface area contributed by atoms with Crippen LogP contribution < -0.4 is 0 Å². The second kappa shape index (κ2) is 5.13. The van der Waals surface area contributed by atoms with Crippen LogP contribution in [0.2, 0.25) is 0 Å². The normalized spacial score (nSPS) is 24.5. The van der Waals surface area contributed by atoms with Gasteiger partial charge in [0, 0.05) is 31.8 Å². The summed E-state index contributed by atoms with van der Waals surface area (Å²) in [6.07, 6.45) is 8.08. The van der Waals surface area contributed by atoms with E-state index in [0.717, 1.165) is 38.0 Å². The molecule has 2 heterocycles. The summed E-state index contributed by atoms with van der Waals surface area (Å²) < 4.78 is 5.55. The summed E-state index contributed by atoms with van der Waals surface area (Å²) in [5, 5.41) is 0. The highest BCUT2D eigenvalue weighted by atomic mass is 16.5. The van der Waals surface area contributed by atoms with E-state index in [1.165, 1.54) is 6.42 Å². The lowest BCUT2D eigenvalue weighted by Crippen LogP contribution is -2.54. The molecule has 1 atom stereocenters. The zero-order valence-corrected chi connectivity index (χ0v) is 12.1. The number of aryl methyl sites for hydroxylation is 1. The molecule has 1 saturated heterocycles. The Morgan fingerprint density at radius 2 is 2.05 bits per heavy atom. The number of rotatable bonds is 2. The number of hydrogen-bond acceptors (Lipinski definition) is 4. The van der Waals surface area contributed by atoms with Crippen molar-refractivity contribution in [2.45, 2.75) is 38.7 Å². The molecule has 2 aliphatic rings. The molecule has 0 aromatic carbocycles. The lowest BCUT2D eigenvalue weighted by molar-refractivity contribution is -0.116. The van der Waals surface area contributed by atoms with Crippen molar-refractivity contribution in [2.24, 2.45) is 5.41 Å². The summed E-state index contributed by atoms with van der Waals surface area (Å²) >= 11 is 0. The van der Waals surface area contributed by atoms with Crippen LogP contribution in [0.5, 0.6) is 0 Å². The maximum atomic E-state index is 12.4. The molecule has 1 aromatic heterocycles. The fourth-order valence-corrected chi connectivity index (χ4v) is 3.43. The molecule has 108 valence electrons. The number of hydrogen-bond donors (Lipinski definition) is 0. The summed E-state index contributed by atoms with van der Waals surface area (Å²) in [6.45, 7) is 3.47. The van der Waals surface area contributed by atoms with Gasteiger partial charge in [-0.3, -0.25) is 9.78 Å². The van der Waals surface area contributed by atoms with Crippen LogP contribution in [0.25, 0.3) is 0 Å². The van der Waals surface area contributed by atoms with Crippen LogP contribution in [0.4, 0.5) is 0 Å². The number of aromatic nitrogens is 2. The third-order valence-corrected chi connectivity index (χ3v) is 4.92. The van der Waals surface area contributed by atoms with Crippen LogP contribution in [0.1, 0.15) is 41.9 Å². The van der Waals surface area contributed by atoms with Gasteiger partial charge < -0.3 is 9.64 Å². The van der Waals surface area contributed by atoms with Crippen molar-refractivity contribution in [2.75, 3.05) is 20.2 Å². The molecule has 0 radical (unpaired) electrons. The number of ether oxygens (including phenoxy) is 1. The molecular formula is C15H21N3O2. The molecule has 1 spiro atoms. The Hall–Kier alpha value is -1.49. The van der Waals surface area contributed by atoms with Gasteiger partial charge in [-0.25, -0.2) is 4.98 Å². The molecule has 1 saturated carbocycles. The first kappa shape index (κ1) is 13.5. The average molecular weight is 275 g/mol. The molecule has 5 nitrogen and oxygen atoms in total. The van der Waals surface area contributed by atoms with Crippen LogP contribution in [-0.4, -0.2) is 47.1 Å². The molecule has 1 aliphatic heterocycles. The van der Waals surface area contributed by atoms with Crippen LogP contribution in [0.3, 0.4) is 0 Å². The van der Waals surface area contributed by atoms with Crippen molar-refractivity contribution in [1.82, 2.24) is 14.9 Å². The van der Waals surface area contributed by atoms with E-state index in [4.69, 9.17) is 4.74 Å². The molecule has 1 unspecified atom stereocenters. The van der Waals surface area contributed by atoms with Gasteiger partial charge >= 0.3 is 0 Å². The zero-order chi connectivity index (χ0) is 14.2. The van der Waals surface area contributed by atoms with Crippen molar-refractivity contribution in [3.05, 3.63) is 23.8 Å². The molecule has 1 amide bonds. The molecule has 2 fully saturated rings. The highest BCUT2D eigenvalue weighted by Crippen LogP contribution is 2.50. The summed E-state index contributed by atoms with van der Waals surface area (Å²) in [5.74, 6) is 0.000593. The molecule has 5 heteroatoms. The number of nitrogens with zero attached hydrogens (tertiary/aromatic N) is 3. The SMILES string of the molecule is COC1CCC12CCN(C(=O)c1cnc(C)cn1)CC2. The van der Waals surface area contributed by atoms with Crippen LogP contribution in [-0.2, 0) is 4.74 Å². The Morgan fingerprint density at radius 1 is 1.30 bits per heavy atom. The van der Waals surface area contributed by atoms with Gasteiger partial charge in [-0.15, -0.1) is 0 Å². The van der Waals surface area contributed by atoms with Gasteiger partial charge in [-0.05, 0) is 32.6 Å². The van der Waals surface area contributed by atoms with Gasteiger partial charge in [-0.2, -0.15) is 0 Å². The van der Waals surface area contributed by atoms with E-state index in [2.05, 4.69) is 9.97 Å². The second-order valence-corrected chi connectivity index (χ2v) is 5.96. The first-order valence-electron chi connectivity index (χ1n) is 7.25. The number of amides is 1. The summed E-state index contributed by atoms with van der Waals surface area (Å²) in [6, 6.07) is 0. The fraction of sp³-hybridized carbons (Fsp3) is 0.667. The van der Waals surface area contributed by atoms with Crippen LogP contribution in [0.15, 0.2) is 12.4 Å². The molecule has 0 N–H and O–H groups in total. The van der Waals surface area contributed by atoms with Gasteiger partial charge in [0.1, 0.15) is 5.69 Å². The maximum absolute atomic E-state index is 12.4. The minimum atomic E-state index is 0.000593. The number of carbonyl (C=O) groups is 1. The van der Waals surface area contributed by atoms with Crippen molar-refractivity contribution >= 4 is 5.91 Å². The standard InChI is InChI=1S/C15H21N3O2/c1-11-9-17-12(10-16-11)14(19)18-7-5-15(6-8-18)4-3-13(15)20-2/h9-10,13H,3-8H2,1-2H3. The lowest BCUT2D eigenvalue weighted by atomic mass is 9.61. The molecule has 1 aromatic rings. The highest BCUT2D eigenvalue weighted by molar-refractivity contribution is 5.92. The van der Waals surface area contributed by atoms with E-state index in [-0.39, 0.29) is 5.91 Å². The molecule has 0 bridgehead atoms. The van der Waals surface area contributed by atoms with E-state index >= 15 is 0 Å². The van der Waals surface area contributed by atoms with Crippen LogP contribution in [0, 0.1) is 12.3 Å². The van der Waals surface area contributed by atoms with Gasteiger partial charge in [-0.1, -0.05) is 0 Å². The maximum Gasteiger partial charge on any atom is 0.274 e. The quantitative estimate of drug-likeness (QED) is 0.826. The molecule has 3 rings (SSSR count). The Labute approximate surface area is 119 Å². The largest absolute Gasteiger partial charge is 0.381 e. The monoisotopic (exact) mass is 275 g/mol. The van der Waals surface area contributed by atoms with Crippen molar-refractivity contribution < 1.29 is 9.53 Å². The topological polar surface area (TPSA) is 55.3 Å². The molecule has 1 aliphatic carbocycles. The number of piperidine rings is 1. The summed E-state index contributed by atoms with van der Waals surface area (Å²) in [5.41, 5.74) is 1.60. The van der Waals surface area contributed by atoms with Crippen molar-refractivity contribution in [3.63, 3.8) is 0 Å². The van der Waals surface area contributed by atoms with Gasteiger partial charge in [0.05, 0.1) is 18.0 Å². The molecule has 20 heavy (non-hydrogen) atoms. The smallest absolute Gasteiger partial charge is 0.274 e. The van der Waals surface area contributed by atoms with E-state index in [1.807, 2.05) is 11.8 Å². The third kappa shape index (κ3) is 2.20. The van der Waals surface area contributed by atoms with Gasteiger partial charge in [0.25, 0.3) is 5.91 Å². The predicted molar refractivity (Wildman–Crippen MR) is 74.4 cm³/mol. The van der Waals surface area contributed by atoms with Crippen molar-refractivity contribution in [1.29, 1.82) is 0 Å². The minimum absolute atomic E-state index is 0.000593. The number of carbonyl (C=O) groups excluding carboxylic acids is 1. The van der Waals surface area contributed by atoms with Crippen molar-refractivity contribution in [3.8, 4) is 0 Å². The Bertz CT molecular complexity index is 490. The third-order valence-electron chi connectivity index (χ3n) is 4.92. The van der Waals surface area contributed by atoms with E-state index < -0.39 is 0 Å². The first-order chi connectivity index (χ1) is 9.64. The fourth-order valence-electron chi connectivity index (χ4n) is 3.43. The highest BCUT2D eigenvalue weighted by Gasteiger charge is 2.49. The Morgan fingerprint density at radius 3 is 2.55 bits per heavy atom. The van der Waals surface area contributed by atoms with E-state index in [1.54, 1.807) is 19.5 Å². The van der Waals surface area contributed by atoms with E-state index in [9.17, 15) is 4.79 Å². The summed E-state index contributed by atoms with van der Waals surface area (Å²) in [4.78, 5) is 22.6. The predicted octanol–water partition coefficient (Wildman–Crippen LogP) is 1.82. The minimum Gasteiger partial charge on any atom is -0.381 e. The Balaban J connectivity index is 1.63. The van der Waals surface area contributed by atoms with Gasteiger partial charge in [0.2, 0.25) is 0 Å². The second-order valence-electron chi connectivity index (χ2n) is 5.96. The lowest BCUT2D eigenvalue weighted by Gasteiger charge is -2.53. The van der Waals surface area contributed by atoms with E-state index in [0.29, 0.717) is 17.2 Å². The number of methoxy groups -OCH3 is 1. The summed E-state index contributed by atoms with van der Waals surface area (Å²) in [7, 11) is 1.80. The Kier molecular flexibility index (Phi) is 3.46. The zero-order valence-electron chi connectivity index (χ0n) is 12.1. The first-order valence-corrected chi connectivity index (χ1v) is 7.25. The average Bonchev–Trinajstić information content (AvgIpc) is 2.47.